The first-order chi connectivity index (χ1) is 14.9. The number of methoxy groups -OCH3 is 1. The predicted molar refractivity (Wildman–Crippen MR) is 120 cm³/mol. The highest BCUT2D eigenvalue weighted by molar-refractivity contribution is 7.89. The minimum Gasteiger partial charge on any atom is -0.496 e. The number of carbonyl (C=O) groups is 1. The fourth-order valence-corrected chi connectivity index (χ4v) is 4.71. The van der Waals surface area contributed by atoms with E-state index in [9.17, 15) is 13.2 Å². The zero-order chi connectivity index (χ0) is 22.3. The van der Waals surface area contributed by atoms with Crippen LogP contribution >= 0.6 is 0 Å². The van der Waals surface area contributed by atoms with Gasteiger partial charge in [-0.15, -0.1) is 0 Å². The lowest BCUT2D eigenvalue weighted by atomic mass is 10.1. The lowest BCUT2D eigenvalue weighted by Crippen LogP contribution is -2.41. The zero-order valence-corrected chi connectivity index (χ0v) is 18.4. The predicted octanol–water partition coefficient (Wildman–Crippen LogP) is 3.76. The van der Waals surface area contributed by atoms with Gasteiger partial charge in [0, 0.05) is 12.1 Å². The van der Waals surface area contributed by atoms with Crippen molar-refractivity contribution in [2.45, 2.75) is 24.4 Å². The van der Waals surface area contributed by atoms with Crippen LogP contribution in [0.5, 0.6) is 5.75 Å². The SMILES string of the molecule is COc1ccccc1[C@@H](C)NC(=O)CN(Cc1ccccc1)S(=O)(=O)c1ccccc1. The molecule has 1 atom stereocenters. The third kappa shape index (κ3) is 5.71. The maximum atomic E-state index is 13.3. The summed E-state index contributed by atoms with van der Waals surface area (Å²) in [5.41, 5.74) is 1.62. The fraction of sp³-hybridized carbons (Fsp3) is 0.208. The average molecular weight is 439 g/mol. The Morgan fingerprint density at radius 2 is 1.52 bits per heavy atom. The van der Waals surface area contributed by atoms with Gasteiger partial charge in [0.25, 0.3) is 0 Å². The van der Waals surface area contributed by atoms with E-state index < -0.39 is 15.9 Å². The third-order valence-electron chi connectivity index (χ3n) is 4.89. The Labute approximate surface area is 183 Å². The molecule has 0 aromatic heterocycles. The van der Waals surface area contributed by atoms with E-state index in [1.807, 2.05) is 61.5 Å². The molecule has 31 heavy (non-hydrogen) atoms. The van der Waals surface area contributed by atoms with Crippen LogP contribution in [0.25, 0.3) is 0 Å². The summed E-state index contributed by atoms with van der Waals surface area (Å²) in [5.74, 6) is 0.266. The van der Waals surface area contributed by atoms with Crippen LogP contribution in [-0.2, 0) is 21.4 Å². The van der Waals surface area contributed by atoms with E-state index in [-0.39, 0.29) is 24.0 Å². The lowest BCUT2D eigenvalue weighted by molar-refractivity contribution is -0.122. The second-order valence-electron chi connectivity index (χ2n) is 7.10. The molecule has 1 N–H and O–H groups in total. The van der Waals surface area contributed by atoms with Crippen molar-refractivity contribution >= 4 is 15.9 Å². The molecule has 0 radical (unpaired) electrons. The molecule has 0 heterocycles. The van der Waals surface area contributed by atoms with E-state index in [4.69, 9.17) is 4.74 Å². The molecule has 0 aliphatic carbocycles. The fourth-order valence-electron chi connectivity index (χ4n) is 3.30. The van der Waals surface area contributed by atoms with Gasteiger partial charge in [0.2, 0.25) is 15.9 Å². The number of carbonyl (C=O) groups excluding carboxylic acids is 1. The van der Waals surface area contributed by atoms with E-state index in [0.717, 1.165) is 11.1 Å². The summed E-state index contributed by atoms with van der Waals surface area (Å²) in [6.07, 6.45) is 0. The first kappa shape index (κ1) is 22.5. The van der Waals surface area contributed by atoms with Crippen molar-refractivity contribution in [3.05, 3.63) is 96.1 Å². The lowest BCUT2D eigenvalue weighted by Gasteiger charge is -2.23. The third-order valence-corrected chi connectivity index (χ3v) is 6.69. The van der Waals surface area contributed by atoms with Crippen molar-refractivity contribution in [3.8, 4) is 5.75 Å². The van der Waals surface area contributed by atoms with E-state index in [0.29, 0.717) is 5.75 Å². The average Bonchev–Trinajstić information content (AvgIpc) is 2.79. The number of sulfonamides is 1. The highest BCUT2D eigenvalue weighted by atomic mass is 32.2. The van der Waals surface area contributed by atoms with Gasteiger partial charge in [-0.3, -0.25) is 4.79 Å². The Balaban J connectivity index is 1.82. The molecule has 0 aliphatic heterocycles. The molecule has 3 rings (SSSR count). The summed E-state index contributed by atoms with van der Waals surface area (Å²) in [7, 11) is -2.29. The maximum Gasteiger partial charge on any atom is 0.243 e. The number of nitrogens with zero attached hydrogens (tertiary/aromatic N) is 1. The molecule has 0 spiro atoms. The molecule has 0 aliphatic rings. The standard InChI is InChI=1S/C24H26N2O4S/c1-19(22-15-9-10-16-23(22)30-2)25-24(27)18-26(17-20-11-5-3-6-12-20)31(28,29)21-13-7-4-8-14-21/h3-16,19H,17-18H2,1-2H3,(H,25,27)/t19-/m1/s1. The Hall–Kier alpha value is -3.16. The van der Waals surface area contributed by atoms with Gasteiger partial charge in [-0.2, -0.15) is 4.31 Å². The number of nitrogens with one attached hydrogen (secondary N) is 1. The smallest absolute Gasteiger partial charge is 0.243 e. The molecule has 3 aromatic carbocycles. The largest absolute Gasteiger partial charge is 0.496 e. The van der Waals surface area contributed by atoms with E-state index in [1.54, 1.807) is 25.3 Å². The normalized spacial score (nSPS) is 12.4. The van der Waals surface area contributed by atoms with Crippen LogP contribution in [0.1, 0.15) is 24.1 Å². The van der Waals surface area contributed by atoms with E-state index in [2.05, 4.69) is 5.32 Å². The second kappa shape index (κ2) is 10.2. The number of hydrogen-bond donors (Lipinski definition) is 1. The Kier molecular flexibility index (Phi) is 7.44. The summed E-state index contributed by atoms with van der Waals surface area (Å²) < 4.78 is 33.1. The van der Waals surface area contributed by atoms with Crippen molar-refractivity contribution in [1.29, 1.82) is 0 Å². The van der Waals surface area contributed by atoms with Gasteiger partial charge in [-0.1, -0.05) is 66.7 Å². The monoisotopic (exact) mass is 438 g/mol. The highest BCUT2D eigenvalue weighted by Crippen LogP contribution is 2.24. The molecule has 162 valence electrons. The van der Waals surface area contributed by atoms with Crippen LogP contribution in [0.15, 0.2) is 89.8 Å². The highest BCUT2D eigenvalue weighted by Gasteiger charge is 2.27. The van der Waals surface area contributed by atoms with Crippen molar-refractivity contribution in [2.24, 2.45) is 0 Å². The molecular weight excluding hydrogens is 412 g/mol. The number of amides is 1. The van der Waals surface area contributed by atoms with Crippen molar-refractivity contribution in [1.82, 2.24) is 9.62 Å². The Morgan fingerprint density at radius 3 is 2.16 bits per heavy atom. The summed E-state index contributed by atoms with van der Waals surface area (Å²) >= 11 is 0. The first-order valence-corrected chi connectivity index (χ1v) is 11.4. The van der Waals surface area contributed by atoms with Crippen molar-refractivity contribution < 1.29 is 17.9 Å². The van der Waals surface area contributed by atoms with Crippen LogP contribution in [0, 0.1) is 0 Å². The second-order valence-corrected chi connectivity index (χ2v) is 9.04. The molecule has 0 saturated carbocycles. The van der Waals surface area contributed by atoms with Gasteiger partial charge in [-0.05, 0) is 30.7 Å². The van der Waals surface area contributed by atoms with Gasteiger partial charge in [-0.25, -0.2) is 8.42 Å². The molecule has 3 aromatic rings. The Bertz CT molecular complexity index is 1100. The van der Waals surface area contributed by atoms with Crippen LogP contribution < -0.4 is 10.1 Å². The van der Waals surface area contributed by atoms with Gasteiger partial charge in [0.1, 0.15) is 5.75 Å². The van der Waals surface area contributed by atoms with Crippen LogP contribution in [0.3, 0.4) is 0 Å². The molecule has 7 heteroatoms. The quantitative estimate of drug-likeness (QED) is 0.552. The van der Waals surface area contributed by atoms with E-state index in [1.165, 1.54) is 16.4 Å². The van der Waals surface area contributed by atoms with Crippen LogP contribution in [-0.4, -0.2) is 32.3 Å². The van der Waals surface area contributed by atoms with Gasteiger partial charge < -0.3 is 10.1 Å². The zero-order valence-electron chi connectivity index (χ0n) is 17.6. The number of benzene rings is 3. The minimum absolute atomic E-state index is 0.0918. The van der Waals surface area contributed by atoms with Gasteiger partial charge >= 0.3 is 0 Å². The molecule has 0 bridgehead atoms. The van der Waals surface area contributed by atoms with Crippen molar-refractivity contribution in [2.75, 3.05) is 13.7 Å². The summed E-state index contributed by atoms with van der Waals surface area (Å²) in [4.78, 5) is 13.0. The molecule has 0 saturated heterocycles. The molecule has 1 amide bonds. The molecule has 0 fully saturated rings. The van der Waals surface area contributed by atoms with Crippen molar-refractivity contribution in [3.63, 3.8) is 0 Å². The number of hydrogen-bond acceptors (Lipinski definition) is 4. The van der Waals surface area contributed by atoms with Gasteiger partial charge in [0.15, 0.2) is 0 Å². The molecule has 6 nitrogen and oxygen atoms in total. The number of ether oxygens (including phenoxy) is 1. The number of rotatable bonds is 9. The number of para-hydroxylation sites is 1. The van der Waals surface area contributed by atoms with E-state index >= 15 is 0 Å². The topological polar surface area (TPSA) is 75.7 Å². The van der Waals surface area contributed by atoms with Crippen LogP contribution in [0.4, 0.5) is 0 Å². The van der Waals surface area contributed by atoms with Crippen LogP contribution in [0.2, 0.25) is 0 Å². The van der Waals surface area contributed by atoms with Gasteiger partial charge in [0.05, 0.1) is 24.6 Å². The summed E-state index contributed by atoms with van der Waals surface area (Å²) in [6.45, 7) is 1.63. The minimum atomic E-state index is -3.86. The first-order valence-electron chi connectivity index (χ1n) is 9.93. The summed E-state index contributed by atoms with van der Waals surface area (Å²) in [6, 6.07) is 24.4. The maximum absolute atomic E-state index is 13.3. The Morgan fingerprint density at radius 1 is 0.935 bits per heavy atom. The summed E-state index contributed by atoms with van der Waals surface area (Å²) in [5, 5.41) is 2.89. The molecule has 0 unspecified atom stereocenters. The molecular formula is C24H26N2O4S.